The van der Waals surface area contributed by atoms with Gasteiger partial charge in [-0.25, -0.2) is 4.98 Å². The van der Waals surface area contributed by atoms with Crippen molar-refractivity contribution in [1.82, 2.24) is 9.88 Å². The van der Waals surface area contributed by atoms with Crippen LogP contribution in [0.3, 0.4) is 0 Å². The summed E-state index contributed by atoms with van der Waals surface area (Å²) in [6, 6.07) is 14.7. The van der Waals surface area contributed by atoms with Crippen LogP contribution in [0.5, 0.6) is 0 Å². The van der Waals surface area contributed by atoms with Crippen LogP contribution in [0.4, 0.5) is 11.5 Å². The third-order valence-corrected chi connectivity index (χ3v) is 7.14. The summed E-state index contributed by atoms with van der Waals surface area (Å²) in [7, 11) is 3.79. The van der Waals surface area contributed by atoms with E-state index in [1.165, 1.54) is 0 Å². The smallest absolute Gasteiger partial charge is 0.257 e. The van der Waals surface area contributed by atoms with E-state index in [2.05, 4.69) is 10.3 Å². The van der Waals surface area contributed by atoms with E-state index in [9.17, 15) is 9.59 Å². The number of amides is 2. The average Bonchev–Trinajstić information content (AvgIpc) is 2.86. The summed E-state index contributed by atoms with van der Waals surface area (Å²) in [6.45, 7) is 3.21. The number of hydrogen-bond donors (Lipinski definition) is 1. The lowest BCUT2D eigenvalue weighted by Gasteiger charge is -2.32. The lowest BCUT2D eigenvalue weighted by atomic mass is 9.89. The minimum absolute atomic E-state index is 0.0370. The van der Waals surface area contributed by atoms with Crippen molar-refractivity contribution in [2.75, 3.05) is 37.4 Å². The monoisotopic (exact) mass is 510 g/mol. The zero-order valence-electron chi connectivity index (χ0n) is 20.0. The third kappa shape index (κ3) is 5.77. The molecule has 0 saturated carbocycles. The Morgan fingerprint density at radius 2 is 1.69 bits per heavy atom. The predicted octanol–water partition coefficient (Wildman–Crippen LogP) is 6.03. The minimum Gasteiger partial charge on any atom is -0.363 e. The highest BCUT2D eigenvalue weighted by Crippen LogP contribution is 2.33. The van der Waals surface area contributed by atoms with Gasteiger partial charge in [0.25, 0.3) is 11.8 Å². The molecule has 1 aliphatic heterocycles. The molecular formula is C27H28Cl2N4O2. The molecule has 0 atom stereocenters. The number of aromatic nitrogens is 1. The molecule has 1 fully saturated rings. The number of benzene rings is 2. The van der Waals surface area contributed by atoms with Gasteiger partial charge in [-0.05, 0) is 73.2 Å². The Labute approximate surface area is 215 Å². The van der Waals surface area contributed by atoms with Gasteiger partial charge in [0.15, 0.2) is 0 Å². The third-order valence-electron chi connectivity index (χ3n) is 6.40. The van der Waals surface area contributed by atoms with Crippen molar-refractivity contribution < 1.29 is 9.59 Å². The summed E-state index contributed by atoms with van der Waals surface area (Å²) in [5.41, 5.74) is 3.66. The molecule has 0 bridgehead atoms. The predicted molar refractivity (Wildman–Crippen MR) is 142 cm³/mol. The molecule has 0 unspecified atom stereocenters. The van der Waals surface area contributed by atoms with Gasteiger partial charge in [-0.2, -0.15) is 0 Å². The van der Waals surface area contributed by atoms with Gasteiger partial charge in [0, 0.05) is 44.6 Å². The number of nitrogens with one attached hydrogen (secondary N) is 1. The topological polar surface area (TPSA) is 65.5 Å². The van der Waals surface area contributed by atoms with Gasteiger partial charge in [0.2, 0.25) is 0 Å². The van der Waals surface area contributed by atoms with Crippen molar-refractivity contribution in [3.63, 3.8) is 0 Å². The number of nitrogens with zero attached hydrogens (tertiary/aromatic N) is 3. The molecule has 1 saturated heterocycles. The summed E-state index contributed by atoms with van der Waals surface area (Å²) in [4.78, 5) is 34.0. The van der Waals surface area contributed by atoms with E-state index < -0.39 is 0 Å². The van der Waals surface area contributed by atoms with E-state index in [0.29, 0.717) is 45.9 Å². The Morgan fingerprint density at radius 3 is 2.31 bits per heavy atom. The van der Waals surface area contributed by atoms with Gasteiger partial charge in [0.1, 0.15) is 5.82 Å². The highest BCUT2D eigenvalue weighted by atomic mass is 35.5. The van der Waals surface area contributed by atoms with Crippen LogP contribution in [0.15, 0.2) is 54.7 Å². The zero-order valence-corrected chi connectivity index (χ0v) is 21.5. The van der Waals surface area contributed by atoms with E-state index >= 15 is 0 Å². The Hall–Kier alpha value is -3.09. The molecule has 182 valence electrons. The largest absolute Gasteiger partial charge is 0.363 e. The summed E-state index contributed by atoms with van der Waals surface area (Å²) in [5, 5.41) is 4.03. The van der Waals surface area contributed by atoms with Crippen molar-refractivity contribution in [3.05, 3.63) is 87.0 Å². The number of aryl methyl sites for hydroxylation is 1. The lowest BCUT2D eigenvalue weighted by Crippen LogP contribution is -2.38. The number of carbonyl (C=O) groups is 2. The molecule has 2 amide bonds. The van der Waals surface area contributed by atoms with Crippen molar-refractivity contribution >= 4 is 46.5 Å². The second-order valence-electron chi connectivity index (χ2n) is 9.02. The standard InChI is InChI=1S/C27H28Cl2N4O2/c1-17-4-5-20(15-24(17)31-26(34)21-7-9-25(30-16-21)32(2)3)27(35)33-12-10-18(11-13-33)19-6-8-22(28)23(29)14-19/h4-9,14-16,18H,10-13H2,1-3H3,(H,31,34). The first-order valence-electron chi connectivity index (χ1n) is 11.5. The number of rotatable bonds is 5. The normalized spacial score (nSPS) is 14.0. The number of hydrogen-bond acceptors (Lipinski definition) is 4. The first-order chi connectivity index (χ1) is 16.7. The van der Waals surface area contributed by atoms with E-state index in [1.54, 1.807) is 24.4 Å². The summed E-state index contributed by atoms with van der Waals surface area (Å²) >= 11 is 12.2. The Kier molecular flexibility index (Phi) is 7.63. The molecule has 1 aliphatic rings. The fourth-order valence-corrected chi connectivity index (χ4v) is 4.54. The van der Waals surface area contributed by atoms with Crippen molar-refractivity contribution in [2.45, 2.75) is 25.7 Å². The number of carbonyl (C=O) groups excluding carboxylic acids is 2. The Balaban J connectivity index is 1.42. The molecule has 4 rings (SSSR count). The fourth-order valence-electron chi connectivity index (χ4n) is 4.23. The van der Waals surface area contributed by atoms with Crippen LogP contribution in [0.25, 0.3) is 0 Å². The minimum atomic E-state index is -0.266. The van der Waals surface area contributed by atoms with Crippen molar-refractivity contribution in [1.29, 1.82) is 0 Å². The van der Waals surface area contributed by atoms with Crippen LogP contribution in [0.1, 0.15) is 50.6 Å². The first-order valence-corrected chi connectivity index (χ1v) is 12.3. The first kappa shape index (κ1) is 25.0. The number of piperidine rings is 1. The number of anilines is 2. The quantitative estimate of drug-likeness (QED) is 0.454. The van der Waals surface area contributed by atoms with Crippen LogP contribution in [0, 0.1) is 6.92 Å². The maximum absolute atomic E-state index is 13.2. The average molecular weight is 511 g/mol. The molecule has 1 aromatic heterocycles. The van der Waals surface area contributed by atoms with E-state index in [-0.39, 0.29) is 11.8 Å². The maximum Gasteiger partial charge on any atom is 0.257 e. The molecule has 2 heterocycles. The number of likely N-dealkylation sites (tertiary alicyclic amines) is 1. The van der Waals surface area contributed by atoms with Crippen LogP contribution in [-0.2, 0) is 0 Å². The van der Waals surface area contributed by atoms with Crippen LogP contribution >= 0.6 is 23.2 Å². The molecule has 2 aromatic carbocycles. The highest BCUT2D eigenvalue weighted by molar-refractivity contribution is 6.42. The molecule has 0 spiro atoms. The lowest BCUT2D eigenvalue weighted by molar-refractivity contribution is 0.0712. The molecule has 0 radical (unpaired) electrons. The van der Waals surface area contributed by atoms with Crippen LogP contribution < -0.4 is 10.2 Å². The SMILES string of the molecule is Cc1ccc(C(=O)N2CCC(c3ccc(Cl)c(Cl)c3)CC2)cc1NC(=O)c1ccc(N(C)C)nc1. The summed E-state index contributed by atoms with van der Waals surface area (Å²) in [6.07, 6.45) is 3.26. The molecular weight excluding hydrogens is 483 g/mol. The molecule has 35 heavy (non-hydrogen) atoms. The van der Waals surface area contributed by atoms with Gasteiger partial charge in [0.05, 0.1) is 15.6 Å². The Morgan fingerprint density at radius 1 is 0.971 bits per heavy atom. The summed E-state index contributed by atoms with van der Waals surface area (Å²) in [5.74, 6) is 0.811. The highest BCUT2D eigenvalue weighted by Gasteiger charge is 2.25. The molecule has 3 aromatic rings. The number of halogens is 2. The van der Waals surface area contributed by atoms with E-state index in [1.807, 2.05) is 61.2 Å². The molecule has 6 nitrogen and oxygen atoms in total. The van der Waals surface area contributed by atoms with E-state index in [0.717, 1.165) is 29.8 Å². The fraction of sp³-hybridized carbons (Fsp3) is 0.296. The maximum atomic E-state index is 13.2. The number of pyridine rings is 1. The van der Waals surface area contributed by atoms with Gasteiger partial charge in [-0.15, -0.1) is 0 Å². The van der Waals surface area contributed by atoms with Crippen LogP contribution in [-0.4, -0.2) is 48.9 Å². The summed E-state index contributed by atoms with van der Waals surface area (Å²) < 4.78 is 0. The van der Waals surface area contributed by atoms with Crippen LogP contribution in [0.2, 0.25) is 10.0 Å². The van der Waals surface area contributed by atoms with Gasteiger partial charge in [-0.1, -0.05) is 35.3 Å². The van der Waals surface area contributed by atoms with Gasteiger partial charge in [-0.3, -0.25) is 9.59 Å². The Bertz CT molecular complexity index is 1240. The molecule has 8 heteroatoms. The zero-order chi connectivity index (χ0) is 25.1. The van der Waals surface area contributed by atoms with E-state index in [4.69, 9.17) is 23.2 Å². The molecule has 0 aliphatic carbocycles. The van der Waals surface area contributed by atoms with Gasteiger partial charge >= 0.3 is 0 Å². The van der Waals surface area contributed by atoms with Gasteiger partial charge < -0.3 is 15.1 Å². The van der Waals surface area contributed by atoms with Crippen molar-refractivity contribution in [3.8, 4) is 0 Å². The second kappa shape index (κ2) is 10.7. The van der Waals surface area contributed by atoms with Crippen molar-refractivity contribution in [2.24, 2.45) is 0 Å². The molecule has 1 N–H and O–H groups in total. The second-order valence-corrected chi connectivity index (χ2v) is 9.84.